The van der Waals surface area contributed by atoms with Crippen molar-refractivity contribution in [2.75, 3.05) is 39.9 Å². The molecule has 3 saturated heterocycles. The summed E-state index contributed by atoms with van der Waals surface area (Å²) >= 11 is 0. The molecular weight excluding hydrogens is 635 g/mol. The summed E-state index contributed by atoms with van der Waals surface area (Å²) in [5.74, 6) is 0.0154. The second-order valence-corrected chi connectivity index (χ2v) is 16.2. The van der Waals surface area contributed by atoms with Crippen molar-refractivity contribution in [3.63, 3.8) is 0 Å². The van der Waals surface area contributed by atoms with Gasteiger partial charge in [-0.3, -0.25) is 9.69 Å². The van der Waals surface area contributed by atoms with Gasteiger partial charge in [-0.25, -0.2) is 4.79 Å². The van der Waals surface area contributed by atoms with Gasteiger partial charge in [-0.1, -0.05) is 32.0 Å². The average Bonchev–Trinajstić information content (AvgIpc) is 3.69. The molecular formula is C38H51BN4O7. The number of para-hydroxylation sites is 1. The van der Waals surface area contributed by atoms with Gasteiger partial charge >= 0.3 is 13.2 Å². The van der Waals surface area contributed by atoms with Gasteiger partial charge < -0.3 is 33.0 Å². The van der Waals surface area contributed by atoms with E-state index in [1.165, 1.54) is 0 Å². The van der Waals surface area contributed by atoms with Crippen LogP contribution in [0.2, 0.25) is 0 Å². The number of benzene rings is 1. The molecule has 8 rings (SSSR count). The molecule has 2 amide bonds. The highest BCUT2D eigenvalue weighted by Crippen LogP contribution is 2.65. The monoisotopic (exact) mass is 686 g/mol. The summed E-state index contributed by atoms with van der Waals surface area (Å²) in [6, 6.07) is 10.0. The zero-order chi connectivity index (χ0) is 35.4. The van der Waals surface area contributed by atoms with Gasteiger partial charge in [-0.15, -0.1) is 0 Å². The first-order valence-corrected chi connectivity index (χ1v) is 18.3. The van der Waals surface area contributed by atoms with Crippen LogP contribution < -0.4 is 0 Å². The van der Waals surface area contributed by atoms with Gasteiger partial charge in [0.05, 0.1) is 37.1 Å². The molecule has 0 radical (unpaired) electrons. The Kier molecular flexibility index (Phi) is 9.33. The van der Waals surface area contributed by atoms with E-state index in [1.807, 2.05) is 38.1 Å². The van der Waals surface area contributed by atoms with Crippen LogP contribution in [0.25, 0.3) is 11.0 Å². The first kappa shape index (κ1) is 35.1. The molecule has 6 fully saturated rings. The van der Waals surface area contributed by atoms with Gasteiger partial charge in [0, 0.05) is 44.0 Å². The van der Waals surface area contributed by atoms with E-state index in [9.17, 15) is 14.9 Å². The quantitative estimate of drug-likeness (QED) is 0.199. The lowest BCUT2D eigenvalue weighted by atomic mass is 9.43. The van der Waals surface area contributed by atoms with Crippen molar-refractivity contribution in [3.05, 3.63) is 47.7 Å². The summed E-state index contributed by atoms with van der Waals surface area (Å²) in [6.45, 7) is 13.9. The van der Waals surface area contributed by atoms with Crippen LogP contribution in [0.15, 0.2) is 46.6 Å². The number of hydrogen-bond acceptors (Lipinski definition) is 9. The molecule has 4 heterocycles. The third-order valence-electron chi connectivity index (χ3n) is 12.7. The van der Waals surface area contributed by atoms with Crippen LogP contribution in [0.4, 0.5) is 4.79 Å². The minimum atomic E-state index is -0.802. The molecule has 0 unspecified atom stereocenters. The van der Waals surface area contributed by atoms with E-state index in [2.05, 4.69) is 31.7 Å². The number of likely N-dealkylation sites (N-methyl/N-ethyl adjacent to an activating group) is 1. The minimum absolute atomic E-state index is 0.0485. The van der Waals surface area contributed by atoms with E-state index >= 15 is 0 Å². The summed E-state index contributed by atoms with van der Waals surface area (Å²) < 4.78 is 31.2. The van der Waals surface area contributed by atoms with Gasteiger partial charge in [0.1, 0.15) is 17.2 Å². The number of ether oxygens (including phenoxy) is 2. The Morgan fingerprint density at radius 3 is 2.66 bits per heavy atom. The molecule has 3 aliphatic heterocycles. The van der Waals surface area contributed by atoms with Crippen molar-refractivity contribution in [2.24, 2.45) is 17.3 Å². The number of amides is 2. The molecule has 3 aliphatic carbocycles. The third-order valence-corrected chi connectivity index (χ3v) is 12.7. The maximum atomic E-state index is 14.1. The molecule has 3 saturated carbocycles. The molecule has 12 heteroatoms. The summed E-state index contributed by atoms with van der Waals surface area (Å²) in [4.78, 5) is 33.4. The van der Waals surface area contributed by atoms with Crippen LogP contribution in [0, 0.1) is 28.6 Å². The van der Waals surface area contributed by atoms with Crippen LogP contribution in [-0.2, 0) is 30.0 Å². The number of morpholine rings is 1. The van der Waals surface area contributed by atoms with Crippen molar-refractivity contribution >= 4 is 30.1 Å². The molecule has 1 aromatic heterocycles. The van der Waals surface area contributed by atoms with Crippen molar-refractivity contribution < 1.29 is 32.8 Å². The second kappa shape index (κ2) is 13.3. The number of carbonyl (C=O) groups excluding carboxylic acids is 2. The molecule has 6 aliphatic rings. The Morgan fingerprint density at radius 1 is 1.16 bits per heavy atom. The number of carbonyl (C=O) groups is 2. The van der Waals surface area contributed by atoms with Crippen molar-refractivity contribution in [1.82, 2.24) is 14.7 Å². The van der Waals surface area contributed by atoms with Crippen molar-refractivity contribution in [2.45, 2.75) is 103 Å². The summed E-state index contributed by atoms with van der Waals surface area (Å²) in [7, 11) is 1.04. The SMILES string of the molecule is CN(C(=O)O[C@@H]1CCCCN1C(=O)C(C#N)=CC(C)(C)N1CCOCC1)[C@@H](Cc1coc2ccccc12)B1O[C@@H]2C[C@@H]3C[C@@H](C3(C)C)[C@]2(C)O1. The Bertz CT molecular complexity index is 1680. The molecule has 2 aromatic rings. The van der Waals surface area contributed by atoms with Gasteiger partial charge in [-0.2, -0.15) is 5.26 Å². The van der Waals surface area contributed by atoms with Crippen molar-refractivity contribution in [3.8, 4) is 6.07 Å². The van der Waals surface area contributed by atoms with Crippen LogP contribution in [0.5, 0.6) is 0 Å². The van der Waals surface area contributed by atoms with Crippen LogP contribution in [0.3, 0.4) is 0 Å². The fourth-order valence-corrected chi connectivity index (χ4v) is 9.37. The molecule has 6 atom stereocenters. The normalized spacial score (nSPS) is 30.3. The number of rotatable bonds is 8. The summed E-state index contributed by atoms with van der Waals surface area (Å²) in [5, 5.41) is 11.1. The van der Waals surface area contributed by atoms with E-state index < -0.39 is 42.4 Å². The number of piperidine rings is 1. The first-order valence-electron chi connectivity index (χ1n) is 18.3. The van der Waals surface area contributed by atoms with E-state index in [-0.39, 0.29) is 17.1 Å². The zero-order valence-corrected chi connectivity index (χ0v) is 30.4. The molecule has 268 valence electrons. The fraction of sp³-hybridized carbons (Fsp3) is 0.658. The average molecular weight is 687 g/mol. The Balaban J connectivity index is 1.11. The third kappa shape index (κ3) is 6.14. The van der Waals surface area contributed by atoms with E-state index in [0.717, 1.165) is 55.3 Å². The predicted octanol–water partition coefficient (Wildman–Crippen LogP) is 5.58. The number of likely N-dealkylation sites (tertiary alicyclic amines) is 1. The highest BCUT2D eigenvalue weighted by molar-refractivity contribution is 6.48. The van der Waals surface area contributed by atoms with Crippen LogP contribution in [-0.4, -0.2) is 103 Å². The van der Waals surface area contributed by atoms with Crippen LogP contribution in [0.1, 0.15) is 72.3 Å². The predicted molar refractivity (Wildman–Crippen MR) is 188 cm³/mol. The van der Waals surface area contributed by atoms with Gasteiger partial charge in [0.15, 0.2) is 6.23 Å². The lowest BCUT2D eigenvalue weighted by Gasteiger charge is -2.64. The van der Waals surface area contributed by atoms with Gasteiger partial charge in [0.2, 0.25) is 0 Å². The number of fused-ring (bicyclic) bond motifs is 1. The lowest BCUT2D eigenvalue weighted by Crippen LogP contribution is -2.65. The van der Waals surface area contributed by atoms with E-state index in [1.54, 1.807) is 29.2 Å². The first-order chi connectivity index (χ1) is 23.8. The van der Waals surface area contributed by atoms with Crippen molar-refractivity contribution in [1.29, 1.82) is 5.26 Å². The summed E-state index contributed by atoms with van der Waals surface area (Å²) in [6.07, 6.45) is 6.60. The van der Waals surface area contributed by atoms with E-state index in [0.29, 0.717) is 44.4 Å². The van der Waals surface area contributed by atoms with Crippen LogP contribution >= 0.6 is 0 Å². The number of furan rings is 1. The number of hydrogen-bond donors (Lipinski definition) is 0. The highest BCUT2D eigenvalue weighted by atomic mass is 16.7. The minimum Gasteiger partial charge on any atom is -0.464 e. The highest BCUT2D eigenvalue weighted by Gasteiger charge is 2.68. The Morgan fingerprint density at radius 2 is 1.92 bits per heavy atom. The largest absolute Gasteiger partial charge is 0.482 e. The molecule has 0 N–H and O–H groups in total. The second-order valence-electron chi connectivity index (χ2n) is 16.2. The molecule has 50 heavy (non-hydrogen) atoms. The number of nitriles is 1. The maximum Gasteiger partial charge on any atom is 0.482 e. The molecule has 0 spiro atoms. The van der Waals surface area contributed by atoms with E-state index in [4.69, 9.17) is 23.2 Å². The molecule has 2 bridgehead atoms. The molecule has 1 aromatic carbocycles. The topological polar surface area (TPSA) is 118 Å². The standard InChI is InChI=1S/C38H51BN4O7/c1-36(2,42-15-17-46-18-16-42)22-26(23-40)34(44)43-14-10-9-13-33(43)48-35(45)41(6)32(19-25-24-47-29-12-8-7-11-28(25)29)39-49-31-21-27-20-30(37(27,3)4)38(31,5)50-39/h7-8,11-12,22,24,27,30-33H,9-10,13-21H2,1-6H3/t27-,30-,31+,32-,33+,38-/m0/s1. The zero-order valence-electron chi connectivity index (χ0n) is 30.4. The smallest absolute Gasteiger partial charge is 0.464 e. The Hall–Kier alpha value is -3.37. The summed E-state index contributed by atoms with van der Waals surface area (Å²) in [5.41, 5.74) is 0.969. The van der Waals surface area contributed by atoms with Gasteiger partial charge in [0.25, 0.3) is 5.91 Å². The Labute approximate surface area is 295 Å². The number of nitrogens with zero attached hydrogens (tertiary/aromatic N) is 4. The lowest BCUT2D eigenvalue weighted by molar-refractivity contribution is -0.199. The molecule has 11 nitrogen and oxygen atoms in total. The fourth-order valence-electron chi connectivity index (χ4n) is 9.37. The van der Waals surface area contributed by atoms with Gasteiger partial charge in [-0.05, 0) is 87.8 Å². The maximum absolute atomic E-state index is 14.1.